The first-order chi connectivity index (χ1) is 17.5. The van der Waals surface area contributed by atoms with Gasteiger partial charge >= 0.3 is 11.8 Å². The Morgan fingerprint density at radius 2 is 1.92 bits per heavy atom. The van der Waals surface area contributed by atoms with Gasteiger partial charge < -0.3 is 23.8 Å². The summed E-state index contributed by atoms with van der Waals surface area (Å²) in [6.45, 7) is 4.19. The molecular formula is C27H28FN3O5. The predicted molar refractivity (Wildman–Crippen MR) is 135 cm³/mol. The molecule has 1 aliphatic heterocycles. The number of piperazine rings is 1. The number of aryl methyl sites for hydroxylation is 1. The fraction of sp³-hybridized carbons (Fsp3) is 0.333. The van der Waals surface area contributed by atoms with Gasteiger partial charge in [0, 0.05) is 60.8 Å². The second-order valence-corrected chi connectivity index (χ2v) is 8.96. The lowest BCUT2D eigenvalue weighted by Gasteiger charge is -2.36. The van der Waals surface area contributed by atoms with Crippen molar-refractivity contribution in [1.29, 1.82) is 0 Å². The van der Waals surface area contributed by atoms with E-state index in [2.05, 4.69) is 19.5 Å². The van der Waals surface area contributed by atoms with E-state index in [-0.39, 0.29) is 11.4 Å². The Balaban J connectivity index is 1.12. The van der Waals surface area contributed by atoms with Crippen LogP contribution in [0, 0.1) is 5.82 Å². The average molecular weight is 494 g/mol. The second kappa shape index (κ2) is 10.4. The smallest absolute Gasteiger partial charge is 0.437 e. The molecule has 2 aromatic heterocycles. The Bertz CT molecular complexity index is 1440. The van der Waals surface area contributed by atoms with E-state index < -0.39 is 11.8 Å². The van der Waals surface area contributed by atoms with Gasteiger partial charge in [-0.05, 0) is 61.7 Å². The van der Waals surface area contributed by atoms with E-state index in [0.717, 1.165) is 68.3 Å². The summed E-state index contributed by atoms with van der Waals surface area (Å²) in [6.07, 6.45) is 4.27. The minimum Gasteiger partial charge on any atom is -0.437 e. The number of anilines is 1. The van der Waals surface area contributed by atoms with Crippen LogP contribution in [-0.2, 0) is 11.2 Å². The molecule has 36 heavy (non-hydrogen) atoms. The number of hydrogen-bond acceptors (Lipinski definition) is 7. The molecule has 1 saturated heterocycles. The molecule has 0 saturated carbocycles. The molecule has 4 aromatic rings. The van der Waals surface area contributed by atoms with Gasteiger partial charge in [-0.1, -0.05) is 0 Å². The van der Waals surface area contributed by atoms with Crippen molar-refractivity contribution in [3.05, 3.63) is 70.5 Å². The molecule has 0 spiro atoms. The zero-order valence-electron chi connectivity index (χ0n) is 20.1. The molecule has 3 heterocycles. The van der Waals surface area contributed by atoms with Gasteiger partial charge in [-0.15, -0.1) is 0 Å². The summed E-state index contributed by atoms with van der Waals surface area (Å²) in [5.74, 6) is 0.0876. The van der Waals surface area contributed by atoms with Gasteiger partial charge in [-0.25, -0.2) is 14.0 Å². The molecule has 8 nitrogen and oxygen atoms in total. The number of unbranched alkanes of at least 4 members (excludes halogenated alkanes) is 1. The van der Waals surface area contributed by atoms with Crippen molar-refractivity contribution in [3.8, 4) is 5.75 Å². The highest BCUT2D eigenvalue weighted by atomic mass is 19.1. The van der Waals surface area contributed by atoms with E-state index >= 15 is 0 Å². The van der Waals surface area contributed by atoms with Gasteiger partial charge in [0.2, 0.25) is 0 Å². The van der Waals surface area contributed by atoms with E-state index in [9.17, 15) is 14.0 Å². The molecular weight excluding hydrogens is 465 g/mol. The van der Waals surface area contributed by atoms with Crippen LogP contribution in [0.5, 0.6) is 5.75 Å². The first-order valence-corrected chi connectivity index (χ1v) is 12.1. The lowest BCUT2D eigenvalue weighted by atomic mass is 10.1. The lowest BCUT2D eigenvalue weighted by molar-refractivity contribution is 0.121. The number of nitrogens with zero attached hydrogens (tertiary/aromatic N) is 2. The standard InChI is InChI=1S/C27H28FN3O5/c1-34-27(33)35-20-6-7-23-21(15-20)19(17-29-23)4-2-3-9-30-10-12-31(13-11-30)24-14-18-5-8-26(32)36-25(18)16-22(24)28/h5-8,14-17,29H,2-4,9-13H2,1H3. The number of nitrogens with one attached hydrogen (secondary N) is 1. The number of aromatic nitrogens is 1. The van der Waals surface area contributed by atoms with E-state index in [1.165, 1.54) is 24.8 Å². The Morgan fingerprint density at radius 3 is 2.72 bits per heavy atom. The molecule has 188 valence electrons. The number of hydrogen-bond donors (Lipinski definition) is 1. The Kier molecular flexibility index (Phi) is 6.90. The van der Waals surface area contributed by atoms with Crippen molar-refractivity contribution in [2.75, 3.05) is 44.7 Å². The summed E-state index contributed by atoms with van der Waals surface area (Å²) < 4.78 is 29.5. The highest BCUT2D eigenvalue weighted by Crippen LogP contribution is 2.27. The number of aromatic amines is 1. The van der Waals surface area contributed by atoms with Crippen LogP contribution in [0.4, 0.5) is 14.9 Å². The van der Waals surface area contributed by atoms with Crippen molar-refractivity contribution >= 4 is 33.7 Å². The quantitative estimate of drug-likeness (QED) is 0.173. The second-order valence-electron chi connectivity index (χ2n) is 8.96. The third-order valence-electron chi connectivity index (χ3n) is 6.68. The zero-order chi connectivity index (χ0) is 25.1. The van der Waals surface area contributed by atoms with Crippen molar-refractivity contribution in [2.45, 2.75) is 19.3 Å². The molecule has 0 radical (unpaired) electrons. The number of fused-ring (bicyclic) bond motifs is 2. The normalized spacial score (nSPS) is 14.4. The first kappa shape index (κ1) is 23.9. The molecule has 1 aliphatic rings. The van der Waals surface area contributed by atoms with Crippen LogP contribution in [0.3, 0.4) is 0 Å². The van der Waals surface area contributed by atoms with Crippen molar-refractivity contribution in [2.24, 2.45) is 0 Å². The number of carbonyl (C=O) groups excluding carboxylic acids is 1. The summed E-state index contributed by atoms with van der Waals surface area (Å²) >= 11 is 0. The number of carbonyl (C=O) groups is 1. The molecule has 5 rings (SSSR count). The van der Waals surface area contributed by atoms with Crippen LogP contribution in [0.2, 0.25) is 0 Å². The van der Waals surface area contributed by atoms with E-state index in [1.807, 2.05) is 18.3 Å². The van der Waals surface area contributed by atoms with Crippen LogP contribution in [-0.4, -0.2) is 55.9 Å². The van der Waals surface area contributed by atoms with Crippen molar-refractivity contribution in [3.63, 3.8) is 0 Å². The molecule has 9 heteroatoms. The summed E-state index contributed by atoms with van der Waals surface area (Å²) in [4.78, 5) is 30.5. The Labute approximate surface area is 207 Å². The largest absolute Gasteiger partial charge is 0.513 e. The number of ether oxygens (including phenoxy) is 2. The fourth-order valence-corrected chi connectivity index (χ4v) is 4.75. The topological polar surface area (TPSA) is 88.0 Å². The SMILES string of the molecule is COC(=O)Oc1ccc2[nH]cc(CCCCN3CCN(c4cc5ccc(=O)oc5cc4F)CC3)c2c1. The molecule has 0 aliphatic carbocycles. The molecule has 2 aromatic carbocycles. The number of rotatable bonds is 7. The summed E-state index contributed by atoms with van der Waals surface area (Å²) in [5.41, 5.74) is 2.52. The van der Waals surface area contributed by atoms with Crippen LogP contribution < -0.4 is 15.3 Å². The van der Waals surface area contributed by atoms with E-state index in [0.29, 0.717) is 11.4 Å². The molecule has 0 amide bonds. The van der Waals surface area contributed by atoms with Gasteiger partial charge in [0.15, 0.2) is 0 Å². The lowest BCUT2D eigenvalue weighted by Crippen LogP contribution is -2.46. The summed E-state index contributed by atoms with van der Waals surface area (Å²) in [5, 5.41) is 1.76. The number of methoxy groups -OCH3 is 1. The number of H-pyrrole nitrogens is 1. The van der Waals surface area contributed by atoms with Crippen LogP contribution >= 0.6 is 0 Å². The Morgan fingerprint density at radius 1 is 1.08 bits per heavy atom. The van der Waals surface area contributed by atoms with Gasteiger partial charge in [-0.3, -0.25) is 4.90 Å². The van der Waals surface area contributed by atoms with Crippen LogP contribution in [0.1, 0.15) is 18.4 Å². The third kappa shape index (κ3) is 5.21. The summed E-state index contributed by atoms with van der Waals surface area (Å²) in [6, 6.07) is 11.6. The monoisotopic (exact) mass is 493 g/mol. The minimum absolute atomic E-state index is 0.268. The highest BCUT2D eigenvalue weighted by molar-refractivity contribution is 5.85. The fourth-order valence-electron chi connectivity index (χ4n) is 4.75. The first-order valence-electron chi connectivity index (χ1n) is 12.1. The van der Waals surface area contributed by atoms with Crippen molar-refractivity contribution in [1.82, 2.24) is 9.88 Å². The highest BCUT2D eigenvalue weighted by Gasteiger charge is 2.20. The molecule has 1 fully saturated rings. The maximum absolute atomic E-state index is 14.7. The van der Waals surface area contributed by atoms with E-state index in [1.54, 1.807) is 18.2 Å². The van der Waals surface area contributed by atoms with E-state index in [4.69, 9.17) is 9.15 Å². The van der Waals surface area contributed by atoms with Gasteiger partial charge in [0.05, 0.1) is 12.8 Å². The number of halogens is 1. The zero-order valence-corrected chi connectivity index (χ0v) is 20.1. The molecule has 1 N–H and O–H groups in total. The summed E-state index contributed by atoms with van der Waals surface area (Å²) in [7, 11) is 1.28. The van der Waals surface area contributed by atoms with Crippen molar-refractivity contribution < 1.29 is 23.1 Å². The molecule has 0 atom stereocenters. The van der Waals surface area contributed by atoms with Crippen LogP contribution in [0.15, 0.2) is 57.9 Å². The van der Waals surface area contributed by atoms with Gasteiger partial charge in [0.25, 0.3) is 0 Å². The maximum atomic E-state index is 14.7. The van der Waals surface area contributed by atoms with Gasteiger partial charge in [-0.2, -0.15) is 0 Å². The Hall–Kier alpha value is -3.85. The molecule has 0 unspecified atom stereocenters. The van der Waals surface area contributed by atoms with Gasteiger partial charge in [0.1, 0.15) is 17.1 Å². The number of benzene rings is 2. The van der Waals surface area contributed by atoms with Crippen LogP contribution in [0.25, 0.3) is 21.9 Å². The maximum Gasteiger partial charge on any atom is 0.513 e. The third-order valence-corrected chi connectivity index (χ3v) is 6.68. The predicted octanol–water partition coefficient (Wildman–Crippen LogP) is 4.70. The minimum atomic E-state index is -0.733. The molecule has 0 bridgehead atoms. The average Bonchev–Trinajstić information content (AvgIpc) is 3.28.